The largest absolute Gasteiger partial charge is 0.377 e. The Balaban J connectivity index is 1.72. The van der Waals surface area contributed by atoms with E-state index in [0.29, 0.717) is 11.6 Å². The summed E-state index contributed by atoms with van der Waals surface area (Å²) in [5.41, 5.74) is 1.76. The van der Waals surface area contributed by atoms with Crippen LogP contribution in [0.2, 0.25) is 5.02 Å². The minimum atomic E-state index is -0.317. The van der Waals surface area contributed by atoms with E-state index < -0.39 is 0 Å². The number of anilines is 1. The number of ether oxygens (including phenoxy) is 1. The number of benzene rings is 1. The van der Waals surface area contributed by atoms with E-state index in [2.05, 4.69) is 10.6 Å². The Morgan fingerprint density at radius 1 is 1.50 bits per heavy atom. The molecule has 96 valence electrons. The van der Waals surface area contributed by atoms with Gasteiger partial charge in [-0.3, -0.25) is 10.1 Å². The third-order valence-electron chi connectivity index (χ3n) is 3.42. The summed E-state index contributed by atoms with van der Waals surface area (Å²) in [5, 5.41) is 6.76. The third-order valence-corrected chi connectivity index (χ3v) is 3.65. The second-order valence-electron chi connectivity index (χ2n) is 4.70. The molecule has 1 fully saturated rings. The van der Waals surface area contributed by atoms with Gasteiger partial charge in [0.05, 0.1) is 6.10 Å². The van der Waals surface area contributed by atoms with Crippen molar-refractivity contribution in [3.63, 3.8) is 0 Å². The first-order valence-corrected chi connectivity index (χ1v) is 6.57. The van der Waals surface area contributed by atoms with Crippen molar-refractivity contribution < 1.29 is 9.53 Å². The van der Waals surface area contributed by atoms with Crippen molar-refractivity contribution in [3.05, 3.63) is 28.8 Å². The van der Waals surface area contributed by atoms with Gasteiger partial charge in [-0.2, -0.15) is 0 Å². The topological polar surface area (TPSA) is 50.4 Å². The summed E-state index contributed by atoms with van der Waals surface area (Å²) in [7, 11) is 0. The van der Waals surface area contributed by atoms with Crippen LogP contribution in [0.15, 0.2) is 18.2 Å². The predicted octanol–water partition coefficient (Wildman–Crippen LogP) is 2.10. The van der Waals surface area contributed by atoms with Gasteiger partial charge in [-0.15, -0.1) is 0 Å². The number of carbonyl (C=O) groups is 1. The van der Waals surface area contributed by atoms with Crippen molar-refractivity contribution in [1.29, 1.82) is 0 Å². The van der Waals surface area contributed by atoms with Gasteiger partial charge < -0.3 is 10.1 Å². The van der Waals surface area contributed by atoms with Gasteiger partial charge >= 0.3 is 0 Å². The molecule has 1 aromatic rings. The quantitative estimate of drug-likeness (QED) is 0.881. The Morgan fingerprint density at radius 3 is 3.17 bits per heavy atom. The molecule has 2 aliphatic heterocycles. The average molecular weight is 267 g/mol. The highest BCUT2D eigenvalue weighted by molar-refractivity contribution is 6.31. The monoisotopic (exact) mass is 266 g/mol. The van der Waals surface area contributed by atoms with Gasteiger partial charge in [-0.25, -0.2) is 0 Å². The molecule has 1 aromatic carbocycles. The maximum absolute atomic E-state index is 11.9. The molecule has 0 aliphatic carbocycles. The first-order chi connectivity index (χ1) is 8.74. The third kappa shape index (κ3) is 2.23. The number of hydrogen-bond acceptors (Lipinski definition) is 3. The SMILES string of the molecule is O=C1Nc2ccc(Cl)cc2C1NCC1CCCO1. The lowest BCUT2D eigenvalue weighted by Crippen LogP contribution is -2.33. The number of nitrogens with one attached hydrogen (secondary N) is 2. The van der Waals surface area contributed by atoms with E-state index in [1.165, 1.54) is 0 Å². The maximum Gasteiger partial charge on any atom is 0.246 e. The number of fused-ring (bicyclic) bond motifs is 1. The number of hydrogen-bond donors (Lipinski definition) is 2. The molecular weight excluding hydrogens is 252 g/mol. The van der Waals surface area contributed by atoms with Crippen molar-refractivity contribution in [1.82, 2.24) is 5.32 Å². The lowest BCUT2D eigenvalue weighted by molar-refractivity contribution is -0.117. The van der Waals surface area contributed by atoms with Gasteiger partial charge in [0.15, 0.2) is 0 Å². The highest BCUT2D eigenvalue weighted by Gasteiger charge is 2.31. The van der Waals surface area contributed by atoms with Crippen molar-refractivity contribution in [2.45, 2.75) is 25.0 Å². The Bertz CT molecular complexity index is 472. The number of rotatable bonds is 3. The van der Waals surface area contributed by atoms with Crippen LogP contribution < -0.4 is 10.6 Å². The van der Waals surface area contributed by atoms with Crippen molar-refractivity contribution in [3.8, 4) is 0 Å². The Labute approximate surface area is 111 Å². The van der Waals surface area contributed by atoms with Crippen LogP contribution in [0, 0.1) is 0 Å². The van der Waals surface area contributed by atoms with Gasteiger partial charge in [0.1, 0.15) is 6.04 Å². The molecule has 2 N–H and O–H groups in total. The molecule has 0 bridgehead atoms. The highest BCUT2D eigenvalue weighted by Crippen LogP contribution is 2.32. The number of carbonyl (C=O) groups excluding carboxylic acids is 1. The first-order valence-electron chi connectivity index (χ1n) is 6.19. The zero-order valence-corrected chi connectivity index (χ0v) is 10.7. The molecule has 3 rings (SSSR count). The normalized spacial score (nSPS) is 26.2. The van der Waals surface area contributed by atoms with Crippen molar-refractivity contribution in [2.75, 3.05) is 18.5 Å². The van der Waals surface area contributed by atoms with Crippen LogP contribution in [-0.4, -0.2) is 25.2 Å². The summed E-state index contributed by atoms with van der Waals surface area (Å²) < 4.78 is 5.54. The molecule has 0 aromatic heterocycles. The van der Waals surface area contributed by atoms with Gasteiger partial charge in [-0.1, -0.05) is 11.6 Å². The van der Waals surface area contributed by atoms with Crippen LogP contribution in [0.3, 0.4) is 0 Å². The van der Waals surface area contributed by atoms with Crippen LogP contribution in [-0.2, 0) is 9.53 Å². The van der Waals surface area contributed by atoms with E-state index in [9.17, 15) is 4.79 Å². The first kappa shape index (κ1) is 12.0. The predicted molar refractivity (Wildman–Crippen MR) is 69.8 cm³/mol. The molecule has 1 amide bonds. The van der Waals surface area contributed by atoms with E-state index in [1.807, 2.05) is 12.1 Å². The number of amides is 1. The molecule has 5 heteroatoms. The molecule has 2 unspecified atom stereocenters. The molecule has 18 heavy (non-hydrogen) atoms. The lowest BCUT2D eigenvalue weighted by atomic mass is 10.1. The molecule has 1 saturated heterocycles. The van der Waals surface area contributed by atoms with E-state index in [0.717, 1.165) is 30.7 Å². The summed E-state index contributed by atoms with van der Waals surface area (Å²) in [5.74, 6) is -0.0229. The zero-order chi connectivity index (χ0) is 12.5. The number of halogens is 1. The van der Waals surface area contributed by atoms with Gasteiger partial charge in [0, 0.05) is 29.4 Å². The molecule has 0 radical (unpaired) electrons. The molecule has 4 nitrogen and oxygen atoms in total. The van der Waals surface area contributed by atoms with Crippen LogP contribution in [0.4, 0.5) is 5.69 Å². The summed E-state index contributed by atoms with van der Waals surface area (Å²) in [6.45, 7) is 1.52. The summed E-state index contributed by atoms with van der Waals surface area (Å²) in [6.07, 6.45) is 2.39. The average Bonchev–Trinajstić information content (AvgIpc) is 2.94. The fourth-order valence-electron chi connectivity index (χ4n) is 2.49. The zero-order valence-electron chi connectivity index (χ0n) is 9.91. The van der Waals surface area contributed by atoms with E-state index >= 15 is 0 Å². The van der Waals surface area contributed by atoms with Crippen LogP contribution in [0.1, 0.15) is 24.4 Å². The van der Waals surface area contributed by atoms with Gasteiger partial charge in [0.25, 0.3) is 0 Å². The summed E-state index contributed by atoms with van der Waals surface area (Å²) in [4.78, 5) is 11.9. The van der Waals surface area contributed by atoms with E-state index in [4.69, 9.17) is 16.3 Å². The van der Waals surface area contributed by atoms with Gasteiger partial charge in [0.2, 0.25) is 5.91 Å². The van der Waals surface area contributed by atoms with Crippen molar-refractivity contribution >= 4 is 23.2 Å². The Morgan fingerprint density at radius 2 is 2.39 bits per heavy atom. The Kier molecular flexibility index (Phi) is 3.24. The van der Waals surface area contributed by atoms with Crippen molar-refractivity contribution in [2.24, 2.45) is 0 Å². The molecule has 2 aliphatic rings. The standard InChI is InChI=1S/C13H15ClN2O2/c14-8-3-4-11-10(6-8)12(13(17)16-11)15-7-9-2-1-5-18-9/h3-4,6,9,12,15H,1-2,5,7H2,(H,16,17). The minimum absolute atomic E-state index is 0.0229. The van der Waals surface area contributed by atoms with Crippen LogP contribution in [0.25, 0.3) is 0 Å². The van der Waals surface area contributed by atoms with Gasteiger partial charge in [-0.05, 0) is 31.0 Å². The second-order valence-corrected chi connectivity index (χ2v) is 5.13. The molecular formula is C13H15ClN2O2. The molecule has 2 atom stereocenters. The molecule has 0 saturated carbocycles. The highest BCUT2D eigenvalue weighted by atomic mass is 35.5. The Hall–Kier alpha value is -1.10. The molecule has 0 spiro atoms. The van der Waals surface area contributed by atoms with Crippen LogP contribution in [0.5, 0.6) is 0 Å². The lowest BCUT2D eigenvalue weighted by Gasteiger charge is -2.15. The van der Waals surface area contributed by atoms with E-state index in [1.54, 1.807) is 6.07 Å². The fraction of sp³-hybridized carbons (Fsp3) is 0.462. The fourth-order valence-corrected chi connectivity index (χ4v) is 2.67. The van der Waals surface area contributed by atoms with Crippen LogP contribution >= 0.6 is 11.6 Å². The second kappa shape index (κ2) is 4.88. The summed E-state index contributed by atoms with van der Waals surface area (Å²) >= 11 is 5.97. The minimum Gasteiger partial charge on any atom is -0.377 e. The smallest absolute Gasteiger partial charge is 0.246 e. The van der Waals surface area contributed by atoms with E-state index in [-0.39, 0.29) is 18.1 Å². The molecule has 2 heterocycles. The summed E-state index contributed by atoms with van der Waals surface area (Å²) in [6, 6.07) is 5.14. The maximum atomic E-state index is 11.9.